The Morgan fingerprint density at radius 2 is 1.94 bits per heavy atom. The molecule has 2 heteroatoms. The smallest absolute Gasteiger partial charge is 0.0682 e. The Labute approximate surface area is 109 Å². The molecule has 1 saturated carbocycles. The molecule has 0 aromatic heterocycles. The van der Waals surface area contributed by atoms with Crippen LogP contribution in [0.3, 0.4) is 0 Å². The zero-order valence-corrected chi connectivity index (χ0v) is 11.4. The third-order valence-corrected chi connectivity index (χ3v) is 4.35. The molecule has 1 aliphatic carbocycles. The van der Waals surface area contributed by atoms with Crippen molar-refractivity contribution in [1.29, 1.82) is 0 Å². The van der Waals surface area contributed by atoms with Crippen LogP contribution >= 0.6 is 11.6 Å². The number of aliphatic hydroxyl groups excluding tert-OH is 1. The monoisotopic (exact) mass is 252 g/mol. The summed E-state index contributed by atoms with van der Waals surface area (Å²) >= 11 is 6.30. The van der Waals surface area contributed by atoms with Crippen LogP contribution < -0.4 is 0 Å². The van der Waals surface area contributed by atoms with E-state index in [1.54, 1.807) is 0 Å². The number of hydrogen-bond acceptors (Lipinski definition) is 1. The van der Waals surface area contributed by atoms with Crippen LogP contribution in [0, 0.1) is 5.41 Å². The van der Waals surface area contributed by atoms with Crippen molar-refractivity contribution in [3.05, 3.63) is 34.3 Å². The van der Waals surface area contributed by atoms with E-state index in [2.05, 4.69) is 19.9 Å². The van der Waals surface area contributed by atoms with Gasteiger partial charge in [-0.1, -0.05) is 37.6 Å². The SMILES string of the molecule is CC1(C)CCC(c2ccc(CO)cc2Cl)CC1. The fourth-order valence-electron chi connectivity index (χ4n) is 2.71. The van der Waals surface area contributed by atoms with Gasteiger partial charge in [-0.15, -0.1) is 0 Å². The van der Waals surface area contributed by atoms with Crippen molar-refractivity contribution in [3.63, 3.8) is 0 Å². The highest BCUT2D eigenvalue weighted by Crippen LogP contribution is 2.44. The van der Waals surface area contributed by atoms with E-state index in [9.17, 15) is 0 Å². The fourth-order valence-corrected chi connectivity index (χ4v) is 3.07. The van der Waals surface area contributed by atoms with Crippen molar-refractivity contribution in [2.45, 2.75) is 52.1 Å². The third-order valence-electron chi connectivity index (χ3n) is 4.03. The Balaban J connectivity index is 2.13. The van der Waals surface area contributed by atoms with Crippen molar-refractivity contribution < 1.29 is 5.11 Å². The molecule has 0 heterocycles. The van der Waals surface area contributed by atoms with Gasteiger partial charge in [0.1, 0.15) is 0 Å². The number of rotatable bonds is 2. The van der Waals surface area contributed by atoms with Gasteiger partial charge in [-0.25, -0.2) is 0 Å². The molecule has 1 nitrogen and oxygen atoms in total. The first kappa shape index (κ1) is 12.9. The zero-order valence-electron chi connectivity index (χ0n) is 10.7. The van der Waals surface area contributed by atoms with Gasteiger partial charge in [-0.2, -0.15) is 0 Å². The highest BCUT2D eigenvalue weighted by molar-refractivity contribution is 6.31. The highest BCUT2D eigenvalue weighted by Gasteiger charge is 2.28. The summed E-state index contributed by atoms with van der Waals surface area (Å²) < 4.78 is 0. The molecule has 0 saturated heterocycles. The van der Waals surface area contributed by atoms with Crippen molar-refractivity contribution in [2.75, 3.05) is 0 Å². The molecule has 0 unspecified atom stereocenters. The Morgan fingerprint density at radius 1 is 1.29 bits per heavy atom. The molecule has 0 atom stereocenters. The summed E-state index contributed by atoms with van der Waals surface area (Å²) in [6.45, 7) is 4.76. The molecule has 1 fully saturated rings. The molecule has 0 aliphatic heterocycles. The minimum atomic E-state index is 0.0672. The van der Waals surface area contributed by atoms with E-state index in [-0.39, 0.29) is 6.61 Å². The molecule has 94 valence electrons. The maximum Gasteiger partial charge on any atom is 0.0682 e. The van der Waals surface area contributed by atoms with E-state index < -0.39 is 0 Å². The highest BCUT2D eigenvalue weighted by atomic mass is 35.5. The topological polar surface area (TPSA) is 20.2 Å². The predicted molar refractivity (Wildman–Crippen MR) is 72.4 cm³/mol. The van der Waals surface area contributed by atoms with Crippen LogP contribution in [0.15, 0.2) is 18.2 Å². The summed E-state index contributed by atoms with van der Waals surface area (Å²) in [5.41, 5.74) is 2.66. The Bertz CT molecular complexity index is 388. The first-order valence-corrected chi connectivity index (χ1v) is 6.79. The van der Waals surface area contributed by atoms with Crippen molar-refractivity contribution in [3.8, 4) is 0 Å². The Kier molecular flexibility index (Phi) is 3.79. The number of aliphatic hydroxyl groups is 1. The second kappa shape index (κ2) is 4.99. The molecule has 0 bridgehead atoms. The molecule has 0 amide bonds. The summed E-state index contributed by atoms with van der Waals surface area (Å²) in [5, 5.41) is 9.89. The van der Waals surface area contributed by atoms with Crippen molar-refractivity contribution in [2.24, 2.45) is 5.41 Å². The molecular formula is C15H21ClO. The van der Waals surface area contributed by atoms with E-state index in [0.717, 1.165) is 10.6 Å². The van der Waals surface area contributed by atoms with E-state index in [4.69, 9.17) is 16.7 Å². The van der Waals surface area contributed by atoms with Gasteiger partial charge < -0.3 is 5.11 Å². The van der Waals surface area contributed by atoms with Gasteiger partial charge in [-0.05, 0) is 54.2 Å². The van der Waals surface area contributed by atoms with Gasteiger partial charge in [0.25, 0.3) is 0 Å². The first-order chi connectivity index (χ1) is 8.02. The van der Waals surface area contributed by atoms with Crippen molar-refractivity contribution >= 4 is 11.6 Å². The Morgan fingerprint density at radius 3 is 2.47 bits per heavy atom. The summed E-state index contributed by atoms with van der Waals surface area (Å²) in [6.07, 6.45) is 5.00. The van der Waals surface area contributed by atoms with Gasteiger partial charge in [0.2, 0.25) is 0 Å². The molecule has 0 radical (unpaired) electrons. The Hall–Kier alpha value is -0.530. The van der Waals surface area contributed by atoms with Crippen LogP contribution in [0.1, 0.15) is 56.6 Å². The summed E-state index contributed by atoms with van der Waals surface area (Å²) in [4.78, 5) is 0. The molecular weight excluding hydrogens is 232 g/mol. The molecule has 2 rings (SSSR count). The van der Waals surface area contributed by atoms with Gasteiger partial charge in [0.15, 0.2) is 0 Å². The molecule has 1 aromatic rings. The molecule has 1 aliphatic rings. The minimum Gasteiger partial charge on any atom is -0.392 e. The average molecular weight is 253 g/mol. The molecule has 1 aromatic carbocycles. The summed E-state index contributed by atoms with van der Waals surface area (Å²) in [5.74, 6) is 0.600. The molecule has 1 N–H and O–H groups in total. The van der Waals surface area contributed by atoms with Crippen LogP contribution in [-0.4, -0.2) is 5.11 Å². The van der Waals surface area contributed by atoms with Gasteiger partial charge >= 0.3 is 0 Å². The minimum absolute atomic E-state index is 0.0672. The number of hydrogen-bond donors (Lipinski definition) is 1. The van der Waals surface area contributed by atoms with Crippen LogP contribution in [0.2, 0.25) is 5.02 Å². The zero-order chi connectivity index (χ0) is 12.5. The van der Waals surface area contributed by atoms with E-state index in [1.165, 1.54) is 31.2 Å². The number of benzene rings is 1. The van der Waals surface area contributed by atoms with Crippen LogP contribution in [0.5, 0.6) is 0 Å². The maximum atomic E-state index is 9.07. The maximum absolute atomic E-state index is 9.07. The standard InChI is InChI=1S/C15H21ClO/c1-15(2)7-5-12(6-8-15)13-4-3-11(10-17)9-14(13)16/h3-4,9,12,17H,5-8,10H2,1-2H3. The summed E-state index contributed by atoms with van der Waals surface area (Å²) in [6, 6.07) is 5.98. The lowest BCUT2D eigenvalue weighted by molar-refractivity contribution is 0.224. The number of halogens is 1. The summed E-state index contributed by atoms with van der Waals surface area (Å²) in [7, 11) is 0. The largest absolute Gasteiger partial charge is 0.392 e. The van der Waals surface area contributed by atoms with Crippen LogP contribution in [0.4, 0.5) is 0 Å². The molecule has 17 heavy (non-hydrogen) atoms. The van der Waals surface area contributed by atoms with Crippen LogP contribution in [-0.2, 0) is 6.61 Å². The third kappa shape index (κ3) is 3.02. The quantitative estimate of drug-likeness (QED) is 0.821. The molecule has 0 spiro atoms. The fraction of sp³-hybridized carbons (Fsp3) is 0.600. The van der Waals surface area contributed by atoms with Crippen LogP contribution in [0.25, 0.3) is 0 Å². The predicted octanol–water partition coefficient (Wildman–Crippen LogP) is 4.52. The van der Waals surface area contributed by atoms with Crippen molar-refractivity contribution in [1.82, 2.24) is 0 Å². The van der Waals surface area contributed by atoms with E-state index >= 15 is 0 Å². The van der Waals surface area contributed by atoms with Gasteiger partial charge in [0, 0.05) is 5.02 Å². The lowest BCUT2D eigenvalue weighted by Gasteiger charge is -2.34. The average Bonchev–Trinajstić information content (AvgIpc) is 2.29. The second-order valence-corrected chi connectivity index (χ2v) is 6.36. The lowest BCUT2D eigenvalue weighted by atomic mass is 9.71. The second-order valence-electron chi connectivity index (χ2n) is 5.95. The normalized spacial score (nSPS) is 20.5. The lowest BCUT2D eigenvalue weighted by Crippen LogP contribution is -2.20. The first-order valence-electron chi connectivity index (χ1n) is 6.41. The van der Waals surface area contributed by atoms with E-state index in [0.29, 0.717) is 11.3 Å². The van der Waals surface area contributed by atoms with E-state index in [1.807, 2.05) is 12.1 Å². The van der Waals surface area contributed by atoms with Gasteiger partial charge in [0.05, 0.1) is 6.61 Å². The van der Waals surface area contributed by atoms with Gasteiger partial charge in [-0.3, -0.25) is 0 Å².